The second kappa shape index (κ2) is 3.75. The van der Waals surface area contributed by atoms with Gasteiger partial charge in [-0.15, -0.1) is 0 Å². The molecular weight excluding hydrogens is 195 g/mol. The van der Waals surface area contributed by atoms with Crippen molar-refractivity contribution in [2.45, 2.75) is 6.92 Å². The van der Waals surface area contributed by atoms with Gasteiger partial charge in [-0.3, -0.25) is 0 Å². The number of rotatable bonds is 1. The summed E-state index contributed by atoms with van der Waals surface area (Å²) in [5.74, 6) is -1.09. The SMILES string of the molecule is COC(=O)c1c(Cl)ccc(F)c1C. The second-order valence-electron chi connectivity index (χ2n) is 2.52. The summed E-state index contributed by atoms with van der Waals surface area (Å²) in [6.07, 6.45) is 0. The summed E-state index contributed by atoms with van der Waals surface area (Å²) in [5.41, 5.74) is 0.295. The number of ether oxygens (including phenoxy) is 1. The zero-order chi connectivity index (χ0) is 10.0. The average molecular weight is 203 g/mol. The highest BCUT2D eigenvalue weighted by Crippen LogP contribution is 2.22. The molecule has 2 nitrogen and oxygen atoms in total. The molecule has 0 atom stereocenters. The van der Waals surface area contributed by atoms with Gasteiger partial charge in [0.2, 0.25) is 0 Å². The molecule has 0 radical (unpaired) electrons. The molecule has 0 saturated heterocycles. The summed E-state index contributed by atoms with van der Waals surface area (Å²) < 4.78 is 17.5. The Labute approximate surface area is 80.3 Å². The van der Waals surface area contributed by atoms with Gasteiger partial charge in [-0.1, -0.05) is 11.6 Å². The van der Waals surface area contributed by atoms with Crippen LogP contribution < -0.4 is 0 Å². The molecule has 0 bridgehead atoms. The van der Waals surface area contributed by atoms with Crippen molar-refractivity contribution in [3.05, 3.63) is 34.1 Å². The molecule has 70 valence electrons. The number of halogens is 2. The van der Waals surface area contributed by atoms with Gasteiger partial charge >= 0.3 is 5.97 Å². The zero-order valence-corrected chi connectivity index (χ0v) is 7.98. The summed E-state index contributed by atoms with van der Waals surface area (Å²) in [4.78, 5) is 11.1. The van der Waals surface area contributed by atoms with Gasteiger partial charge in [0.05, 0.1) is 17.7 Å². The van der Waals surface area contributed by atoms with Crippen LogP contribution in [0.5, 0.6) is 0 Å². The number of hydrogen-bond donors (Lipinski definition) is 0. The van der Waals surface area contributed by atoms with Gasteiger partial charge in [-0.05, 0) is 19.1 Å². The average Bonchev–Trinajstić information content (AvgIpc) is 2.12. The van der Waals surface area contributed by atoms with E-state index in [1.165, 1.54) is 26.2 Å². The number of hydrogen-bond acceptors (Lipinski definition) is 2. The van der Waals surface area contributed by atoms with Crippen LogP contribution in [0.1, 0.15) is 15.9 Å². The predicted molar refractivity (Wildman–Crippen MR) is 47.5 cm³/mol. The first-order chi connectivity index (χ1) is 6.07. The van der Waals surface area contributed by atoms with Gasteiger partial charge in [0, 0.05) is 5.56 Å². The molecule has 1 rings (SSSR count). The van der Waals surface area contributed by atoms with Crippen LogP contribution in [-0.2, 0) is 4.74 Å². The Bertz CT molecular complexity index is 350. The van der Waals surface area contributed by atoms with Crippen LogP contribution in [0.25, 0.3) is 0 Å². The third kappa shape index (κ3) is 1.80. The largest absolute Gasteiger partial charge is 0.465 e. The molecule has 0 aliphatic heterocycles. The van der Waals surface area contributed by atoms with Crippen LogP contribution in [0.2, 0.25) is 5.02 Å². The molecule has 0 fully saturated rings. The first kappa shape index (κ1) is 9.99. The Hall–Kier alpha value is -1.09. The second-order valence-corrected chi connectivity index (χ2v) is 2.93. The molecule has 0 heterocycles. The topological polar surface area (TPSA) is 26.3 Å². The fourth-order valence-electron chi connectivity index (χ4n) is 1.01. The summed E-state index contributed by atoms with van der Waals surface area (Å²) >= 11 is 5.71. The zero-order valence-electron chi connectivity index (χ0n) is 7.23. The van der Waals surface area contributed by atoms with Gasteiger partial charge < -0.3 is 4.74 Å². The molecule has 0 saturated carbocycles. The third-order valence-electron chi connectivity index (χ3n) is 1.74. The van der Waals surface area contributed by atoms with Gasteiger partial charge in [-0.25, -0.2) is 9.18 Å². The monoisotopic (exact) mass is 202 g/mol. The molecule has 13 heavy (non-hydrogen) atoms. The number of benzene rings is 1. The van der Waals surface area contributed by atoms with Crippen LogP contribution in [0, 0.1) is 12.7 Å². The lowest BCUT2D eigenvalue weighted by molar-refractivity contribution is 0.0599. The molecule has 0 aliphatic carbocycles. The minimum atomic E-state index is -0.623. The first-order valence-electron chi connectivity index (χ1n) is 3.61. The number of carbonyl (C=O) groups is 1. The van der Waals surface area contributed by atoms with E-state index in [2.05, 4.69) is 4.74 Å². The van der Waals surface area contributed by atoms with Crippen LogP contribution in [0.3, 0.4) is 0 Å². The van der Waals surface area contributed by atoms with Gasteiger partial charge in [-0.2, -0.15) is 0 Å². The van der Waals surface area contributed by atoms with Crippen LogP contribution in [0.15, 0.2) is 12.1 Å². The highest BCUT2D eigenvalue weighted by atomic mass is 35.5. The molecule has 4 heteroatoms. The van der Waals surface area contributed by atoms with Crippen molar-refractivity contribution < 1.29 is 13.9 Å². The Balaban J connectivity index is 3.33. The van der Waals surface area contributed by atoms with E-state index in [9.17, 15) is 9.18 Å². The van der Waals surface area contributed by atoms with Gasteiger partial charge in [0.1, 0.15) is 5.82 Å². The van der Waals surface area contributed by atoms with E-state index >= 15 is 0 Å². The summed E-state index contributed by atoms with van der Waals surface area (Å²) in [7, 11) is 1.23. The predicted octanol–water partition coefficient (Wildman–Crippen LogP) is 2.57. The Kier molecular flexibility index (Phi) is 2.88. The van der Waals surface area contributed by atoms with Crippen molar-refractivity contribution in [3.8, 4) is 0 Å². The Morgan fingerprint density at radius 2 is 2.15 bits per heavy atom. The molecule has 0 aromatic heterocycles. The van der Waals surface area contributed by atoms with Crippen molar-refractivity contribution in [2.24, 2.45) is 0 Å². The van der Waals surface area contributed by atoms with E-state index in [-0.39, 0.29) is 16.1 Å². The highest BCUT2D eigenvalue weighted by molar-refractivity contribution is 6.33. The normalized spacial score (nSPS) is 9.85. The van der Waals surface area contributed by atoms with E-state index < -0.39 is 11.8 Å². The summed E-state index contributed by atoms with van der Waals surface area (Å²) in [5, 5.41) is 0.200. The van der Waals surface area contributed by atoms with Crippen LogP contribution >= 0.6 is 11.6 Å². The van der Waals surface area contributed by atoms with E-state index in [1.54, 1.807) is 0 Å². The minimum Gasteiger partial charge on any atom is -0.465 e. The van der Waals surface area contributed by atoms with E-state index in [1.807, 2.05) is 0 Å². The van der Waals surface area contributed by atoms with Crippen molar-refractivity contribution in [1.29, 1.82) is 0 Å². The van der Waals surface area contributed by atoms with Crippen molar-refractivity contribution in [2.75, 3.05) is 7.11 Å². The lowest BCUT2D eigenvalue weighted by atomic mass is 10.1. The molecule has 1 aromatic carbocycles. The molecule has 0 unspecified atom stereocenters. The molecule has 0 amide bonds. The highest BCUT2D eigenvalue weighted by Gasteiger charge is 2.16. The molecule has 0 aliphatic rings. The minimum absolute atomic E-state index is 0.0872. The fourth-order valence-corrected chi connectivity index (χ4v) is 1.29. The van der Waals surface area contributed by atoms with Gasteiger partial charge in [0.25, 0.3) is 0 Å². The number of methoxy groups -OCH3 is 1. The van der Waals surface area contributed by atoms with Gasteiger partial charge in [0.15, 0.2) is 0 Å². The molecule has 1 aromatic rings. The van der Waals surface area contributed by atoms with Crippen molar-refractivity contribution >= 4 is 17.6 Å². The first-order valence-corrected chi connectivity index (χ1v) is 3.98. The standard InChI is InChI=1S/C9H8ClFO2/c1-5-7(11)4-3-6(10)8(5)9(12)13-2/h3-4H,1-2H3. The lowest BCUT2D eigenvalue weighted by Gasteiger charge is -2.06. The van der Waals surface area contributed by atoms with E-state index in [0.29, 0.717) is 0 Å². The lowest BCUT2D eigenvalue weighted by Crippen LogP contribution is -2.06. The smallest absolute Gasteiger partial charge is 0.339 e. The van der Waals surface area contributed by atoms with Crippen LogP contribution in [-0.4, -0.2) is 13.1 Å². The van der Waals surface area contributed by atoms with Crippen molar-refractivity contribution in [3.63, 3.8) is 0 Å². The van der Waals surface area contributed by atoms with E-state index in [0.717, 1.165) is 0 Å². The number of esters is 1. The Morgan fingerprint density at radius 3 is 2.69 bits per heavy atom. The Morgan fingerprint density at radius 1 is 1.54 bits per heavy atom. The molecule has 0 N–H and O–H groups in total. The maximum atomic E-state index is 13.0. The summed E-state index contributed by atoms with van der Waals surface area (Å²) in [6.45, 7) is 1.48. The summed E-state index contributed by atoms with van der Waals surface area (Å²) in [6, 6.07) is 2.54. The number of carbonyl (C=O) groups excluding carboxylic acids is 1. The quantitative estimate of drug-likeness (QED) is 0.655. The fraction of sp³-hybridized carbons (Fsp3) is 0.222. The third-order valence-corrected chi connectivity index (χ3v) is 2.05. The maximum absolute atomic E-state index is 13.0. The van der Waals surface area contributed by atoms with E-state index in [4.69, 9.17) is 11.6 Å². The maximum Gasteiger partial charge on any atom is 0.339 e. The molecular formula is C9H8ClFO2. The van der Waals surface area contributed by atoms with Crippen molar-refractivity contribution in [1.82, 2.24) is 0 Å². The molecule has 0 spiro atoms. The van der Waals surface area contributed by atoms with Crippen LogP contribution in [0.4, 0.5) is 4.39 Å².